The molecule has 1 amide bonds. The number of benzene rings is 1. The van der Waals surface area contributed by atoms with Crippen molar-refractivity contribution in [2.24, 2.45) is 4.99 Å². The van der Waals surface area contributed by atoms with E-state index in [0.29, 0.717) is 24.9 Å². The third kappa shape index (κ3) is 5.93. The minimum atomic E-state index is -0.486. The fourth-order valence-electron chi connectivity index (χ4n) is 3.64. The fraction of sp³-hybridized carbons (Fsp3) is 0.636. The molecule has 1 aromatic carbocycles. The predicted molar refractivity (Wildman–Crippen MR) is 119 cm³/mol. The molecule has 1 saturated carbocycles. The lowest BCUT2D eigenvalue weighted by atomic mass is 10.2. The van der Waals surface area contributed by atoms with E-state index in [2.05, 4.69) is 20.1 Å². The second-order valence-electron chi connectivity index (χ2n) is 8.84. The molecule has 8 nitrogen and oxygen atoms in total. The lowest BCUT2D eigenvalue weighted by Crippen LogP contribution is -2.53. The maximum atomic E-state index is 12.5. The van der Waals surface area contributed by atoms with Gasteiger partial charge in [0.1, 0.15) is 11.4 Å². The Hall–Kier alpha value is -2.64. The molecule has 3 rings (SSSR count). The van der Waals surface area contributed by atoms with Crippen LogP contribution in [0.2, 0.25) is 0 Å². The Morgan fingerprint density at radius 2 is 1.90 bits per heavy atom. The van der Waals surface area contributed by atoms with Crippen molar-refractivity contribution in [1.29, 1.82) is 0 Å². The lowest BCUT2D eigenvalue weighted by Gasteiger charge is -2.38. The first-order valence-corrected chi connectivity index (χ1v) is 10.8. The van der Waals surface area contributed by atoms with Crippen LogP contribution in [0.3, 0.4) is 0 Å². The Balaban J connectivity index is 1.48. The van der Waals surface area contributed by atoms with Gasteiger partial charge in [0.15, 0.2) is 5.96 Å². The first-order valence-electron chi connectivity index (χ1n) is 10.8. The Kier molecular flexibility index (Phi) is 6.95. The average Bonchev–Trinajstić information content (AvgIpc) is 3.52. The number of aliphatic imine (C=N–C) groups is 1. The number of rotatable bonds is 5. The Bertz CT molecular complexity index is 749. The second kappa shape index (κ2) is 9.45. The van der Waals surface area contributed by atoms with E-state index in [4.69, 9.17) is 4.74 Å². The summed E-state index contributed by atoms with van der Waals surface area (Å²) in [5, 5.41) is 13.5. The van der Waals surface area contributed by atoms with Crippen molar-refractivity contribution in [1.82, 2.24) is 15.1 Å². The van der Waals surface area contributed by atoms with Crippen molar-refractivity contribution >= 4 is 17.7 Å². The van der Waals surface area contributed by atoms with Gasteiger partial charge in [0.25, 0.3) is 0 Å². The van der Waals surface area contributed by atoms with Crippen LogP contribution in [0, 0.1) is 0 Å². The van der Waals surface area contributed by atoms with Gasteiger partial charge in [-0.1, -0.05) is 12.1 Å². The number of para-hydroxylation sites is 2. The third-order valence-corrected chi connectivity index (χ3v) is 5.26. The van der Waals surface area contributed by atoms with E-state index in [9.17, 15) is 9.90 Å². The summed E-state index contributed by atoms with van der Waals surface area (Å²) in [6.45, 7) is 10.1. The number of phenolic OH excluding ortho intramolecular Hbond substituents is 1. The molecule has 0 aromatic heterocycles. The molecule has 30 heavy (non-hydrogen) atoms. The molecule has 1 saturated heterocycles. The van der Waals surface area contributed by atoms with Crippen molar-refractivity contribution in [2.45, 2.75) is 45.3 Å². The summed E-state index contributed by atoms with van der Waals surface area (Å²) in [4.78, 5) is 23.2. The van der Waals surface area contributed by atoms with Gasteiger partial charge < -0.3 is 29.9 Å². The van der Waals surface area contributed by atoms with Gasteiger partial charge in [0.05, 0.1) is 5.69 Å². The predicted octanol–water partition coefficient (Wildman–Crippen LogP) is 2.49. The molecule has 1 aliphatic carbocycles. The van der Waals surface area contributed by atoms with Crippen LogP contribution in [0.4, 0.5) is 10.5 Å². The molecular formula is C22H35N5O3. The van der Waals surface area contributed by atoms with Gasteiger partial charge in [-0.15, -0.1) is 0 Å². The molecule has 0 bridgehead atoms. The number of guanidine groups is 1. The monoisotopic (exact) mass is 417 g/mol. The number of nitrogens with zero attached hydrogens (tertiary/aromatic N) is 4. The summed E-state index contributed by atoms with van der Waals surface area (Å²) in [5.74, 6) is 1.16. The summed E-state index contributed by atoms with van der Waals surface area (Å²) in [6, 6.07) is 7.74. The highest BCUT2D eigenvalue weighted by Crippen LogP contribution is 2.28. The second-order valence-corrected chi connectivity index (χ2v) is 8.84. The lowest BCUT2D eigenvalue weighted by molar-refractivity contribution is 0.0237. The summed E-state index contributed by atoms with van der Waals surface area (Å²) in [7, 11) is 1.78. The number of nitrogens with one attached hydrogen (secondary N) is 1. The zero-order valence-corrected chi connectivity index (χ0v) is 18.6. The number of carbonyl (C=O) groups is 1. The first-order chi connectivity index (χ1) is 14.3. The van der Waals surface area contributed by atoms with Gasteiger partial charge in [-0.25, -0.2) is 4.79 Å². The van der Waals surface area contributed by atoms with Gasteiger partial charge in [-0.05, 0) is 45.7 Å². The smallest absolute Gasteiger partial charge is 0.410 e. The summed E-state index contributed by atoms with van der Waals surface area (Å²) >= 11 is 0. The van der Waals surface area contributed by atoms with Crippen LogP contribution in [0.1, 0.15) is 33.6 Å². The number of amides is 1. The van der Waals surface area contributed by atoms with Crippen molar-refractivity contribution in [2.75, 3.05) is 51.2 Å². The quantitative estimate of drug-likeness (QED) is 0.566. The zero-order valence-electron chi connectivity index (χ0n) is 18.6. The molecule has 1 aromatic rings. The van der Waals surface area contributed by atoms with Crippen LogP contribution < -0.4 is 10.2 Å². The maximum Gasteiger partial charge on any atom is 0.410 e. The molecule has 2 N–H and O–H groups in total. The van der Waals surface area contributed by atoms with Gasteiger partial charge in [-0.2, -0.15) is 0 Å². The minimum absolute atomic E-state index is 0.238. The van der Waals surface area contributed by atoms with E-state index < -0.39 is 5.60 Å². The third-order valence-electron chi connectivity index (χ3n) is 5.26. The number of hydrogen-bond acceptors (Lipinski definition) is 5. The number of anilines is 1. The van der Waals surface area contributed by atoms with Crippen molar-refractivity contribution in [3.8, 4) is 5.75 Å². The van der Waals surface area contributed by atoms with Crippen molar-refractivity contribution in [3.63, 3.8) is 0 Å². The fourth-order valence-corrected chi connectivity index (χ4v) is 3.64. The van der Waals surface area contributed by atoms with E-state index in [1.165, 1.54) is 0 Å². The summed E-state index contributed by atoms with van der Waals surface area (Å²) < 4.78 is 5.56. The van der Waals surface area contributed by atoms with E-state index >= 15 is 0 Å². The summed E-state index contributed by atoms with van der Waals surface area (Å²) in [5.41, 5.74) is 0.387. The molecule has 0 atom stereocenters. The van der Waals surface area contributed by atoms with Gasteiger partial charge in [0.2, 0.25) is 0 Å². The molecule has 2 aliphatic rings. The number of ether oxygens (including phenoxy) is 1. The molecule has 2 fully saturated rings. The van der Waals surface area contributed by atoms with Gasteiger partial charge >= 0.3 is 6.09 Å². The van der Waals surface area contributed by atoms with Gasteiger partial charge in [-0.3, -0.25) is 4.99 Å². The molecule has 0 unspecified atom stereocenters. The van der Waals surface area contributed by atoms with E-state index in [0.717, 1.165) is 50.7 Å². The van der Waals surface area contributed by atoms with E-state index in [1.54, 1.807) is 13.1 Å². The molecule has 1 aliphatic heterocycles. The number of phenols is 1. The first kappa shape index (κ1) is 22.1. The van der Waals surface area contributed by atoms with Crippen LogP contribution in [-0.4, -0.2) is 84.9 Å². The Morgan fingerprint density at radius 3 is 2.47 bits per heavy atom. The Morgan fingerprint density at radius 1 is 1.23 bits per heavy atom. The van der Waals surface area contributed by atoms with Crippen LogP contribution in [-0.2, 0) is 4.74 Å². The summed E-state index contributed by atoms with van der Waals surface area (Å²) in [6.07, 6.45) is 1.85. The highest BCUT2D eigenvalue weighted by Gasteiger charge is 2.35. The molecule has 0 spiro atoms. The molecule has 1 heterocycles. The van der Waals surface area contributed by atoms with Crippen LogP contribution in [0.5, 0.6) is 5.75 Å². The molecule has 0 radical (unpaired) electrons. The molecular weight excluding hydrogens is 382 g/mol. The standard InChI is InChI=1S/C22H35N5O3/c1-22(2,3)30-21(29)27(17-9-10-17)12-11-24-20(23-4)26-15-13-25(14-16-26)18-7-5-6-8-19(18)28/h5-8,17,28H,9-16H2,1-4H3,(H,23,24). The normalized spacial score (nSPS) is 17.7. The number of hydrogen-bond donors (Lipinski definition) is 2. The number of piperazine rings is 1. The Labute approximate surface area is 179 Å². The SMILES string of the molecule is CN=C(NCCN(C(=O)OC(C)(C)C)C1CC1)N1CCN(c2ccccc2O)CC1. The van der Waals surface area contributed by atoms with Crippen LogP contribution >= 0.6 is 0 Å². The van der Waals surface area contributed by atoms with Crippen LogP contribution in [0.25, 0.3) is 0 Å². The highest BCUT2D eigenvalue weighted by atomic mass is 16.6. The van der Waals surface area contributed by atoms with Crippen molar-refractivity contribution in [3.05, 3.63) is 24.3 Å². The largest absolute Gasteiger partial charge is 0.506 e. The highest BCUT2D eigenvalue weighted by molar-refractivity contribution is 5.80. The van der Waals surface area contributed by atoms with E-state index in [1.807, 2.05) is 43.9 Å². The maximum absolute atomic E-state index is 12.5. The molecule has 8 heteroatoms. The minimum Gasteiger partial charge on any atom is -0.506 e. The average molecular weight is 418 g/mol. The number of aromatic hydroxyl groups is 1. The van der Waals surface area contributed by atoms with Gasteiger partial charge in [0, 0.05) is 52.4 Å². The topological polar surface area (TPSA) is 80.6 Å². The van der Waals surface area contributed by atoms with Crippen LogP contribution in [0.15, 0.2) is 29.3 Å². The molecule has 166 valence electrons. The zero-order chi connectivity index (χ0) is 21.7. The van der Waals surface area contributed by atoms with Crippen molar-refractivity contribution < 1.29 is 14.6 Å². The number of carbonyl (C=O) groups excluding carboxylic acids is 1. The van der Waals surface area contributed by atoms with E-state index in [-0.39, 0.29) is 6.09 Å².